The lowest BCUT2D eigenvalue weighted by Crippen LogP contribution is -2.29. The van der Waals surface area contributed by atoms with Gasteiger partial charge in [0.2, 0.25) is 5.89 Å². The zero-order valence-corrected chi connectivity index (χ0v) is 12.1. The number of hydrogen-bond donors (Lipinski definition) is 0. The molecule has 5 heteroatoms. The van der Waals surface area contributed by atoms with Gasteiger partial charge in [-0.15, -0.1) is 0 Å². The van der Waals surface area contributed by atoms with Crippen LogP contribution in [0.2, 0.25) is 0 Å². The van der Waals surface area contributed by atoms with Crippen LogP contribution in [0.3, 0.4) is 0 Å². The molecule has 0 atom stereocenters. The summed E-state index contributed by atoms with van der Waals surface area (Å²) in [5, 5.41) is 0. The molecule has 2 aromatic carbocycles. The van der Waals surface area contributed by atoms with Crippen LogP contribution in [0.25, 0.3) is 11.5 Å². The minimum atomic E-state index is -0.296. The van der Waals surface area contributed by atoms with E-state index in [1.807, 2.05) is 30.3 Å². The van der Waals surface area contributed by atoms with Gasteiger partial charge in [0.15, 0.2) is 0 Å². The first kappa shape index (κ1) is 13.5. The molecule has 1 aliphatic rings. The zero-order chi connectivity index (χ0) is 15.8. The second kappa shape index (κ2) is 5.21. The van der Waals surface area contributed by atoms with Crippen molar-refractivity contribution in [3.8, 4) is 11.5 Å². The Morgan fingerprint density at radius 1 is 0.870 bits per heavy atom. The quantitative estimate of drug-likeness (QED) is 0.697. The lowest BCUT2D eigenvalue weighted by atomic mass is 10.1. The van der Waals surface area contributed by atoms with Crippen LogP contribution in [-0.2, 0) is 6.54 Å². The fourth-order valence-electron chi connectivity index (χ4n) is 2.64. The van der Waals surface area contributed by atoms with E-state index in [0.29, 0.717) is 22.7 Å². The van der Waals surface area contributed by atoms with Crippen LogP contribution in [0.1, 0.15) is 26.4 Å². The van der Waals surface area contributed by atoms with Gasteiger partial charge in [0.1, 0.15) is 6.26 Å². The van der Waals surface area contributed by atoms with E-state index in [-0.39, 0.29) is 18.4 Å². The van der Waals surface area contributed by atoms with E-state index in [1.165, 1.54) is 11.2 Å². The van der Waals surface area contributed by atoms with E-state index in [4.69, 9.17) is 4.42 Å². The van der Waals surface area contributed by atoms with Gasteiger partial charge in [0.05, 0.1) is 23.4 Å². The van der Waals surface area contributed by atoms with Gasteiger partial charge in [-0.25, -0.2) is 4.98 Å². The molecular weight excluding hydrogens is 292 g/mol. The molecule has 2 amide bonds. The second-order valence-electron chi connectivity index (χ2n) is 5.25. The van der Waals surface area contributed by atoms with Crippen molar-refractivity contribution in [3.63, 3.8) is 0 Å². The first-order chi connectivity index (χ1) is 11.2. The lowest BCUT2D eigenvalue weighted by Gasteiger charge is -2.11. The molecular formula is C18H12N2O3. The number of benzene rings is 2. The molecule has 0 spiro atoms. The molecule has 2 heterocycles. The number of oxazole rings is 1. The van der Waals surface area contributed by atoms with Crippen LogP contribution in [0.15, 0.2) is 65.3 Å². The third kappa shape index (κ3) is 2.23. The summed E-state index contributed by atoms with van der Waals surface area (Å²) in [6.07, 6.45) is 1.48. The Morgan fingerprint density at radius 3 is 2.13 bits per heavy atom. The van der Waals surface area contributed by atoms with Crippen LogP contribution in [0.4, 0.5) is 0 Å². The normalized spacial score (nSPS) is 13.5. The van der Waals surface area contributed by atoms with Gasteiger partial charge in [0, 0.05) is 5.56 Å². The highest BCUT2D eigenvalue weighted by Gasteiger charge is 2.35. The third-order valence-electron chi connectivity index (χ3n) is 3.77. The van der Waals surface area contributed by atoms with Crippen LogP contribution in [-0.4, -0.2) is 21.7 Å². The summed E-state index contributed by atoms with van der Waals surface area (Å²) in [7, 11) is 0. The number of aromatic nitrogens is 1. The molecule has 112 valence electrons. The molecule has 3 aromatic rings. The number of carbonyl (C=O) groups is 2. The van der Waals surface area contributed by atoms with Gasteiger partial charge in [-0.1, -0.05) is 30.3 Å². The molecule has 5 nitrogen and oxygen atoms in total. The molecule has 0 saturated carbocycles. The Balaban J connectivity index is 1.60. The molecule has 0 aliphatic carbocycles. The number of rotatable bonds is 3. The molecule has 0 saturated heterocycles. The molecule has 1 aromatic heterocycles. The molecule has 23 heavy (non-hydrogen) atoms. The van der Waals surface area contributed by atoms with Crippen molar-refractivity contribution in [1.29, 1.82) is 0 Å². The number of nitrogens with zero attached hydrogens (tertiary/aromatic N) is 2. The summed E-state index contributed by atoms with van der Waals surface area (Å²) < 4.78 is 5.45. The standard InChI is InChI=1S/C18H12N2O3/c21-17-14-8-4-5-9-15(14)18(22)20(17)10-13-11-23-16(19-13)12-6-2-1-3-7-12/h1-9,11H,10H2. The maximum Gasteiger partial charge on any atom is 0.261 e. The predicted molar refractivity (Wildman–Crippen MR) is 82.6 cm³/mol. The van der Waals surface area contributed by atoms with E-state index in [1.54, 1.807) is 24.3 Å². The maximum absolute atomic E-state index is 12.3. The van der Waals surface area contributed by atoms with E-state index in [0.717, 1.165) is 5.56 Å². The summed E-state index contributed by atoms with van der Waals surface area (Å²) >= 11 is 0. The predicted octanol–water partition coefficient (Wildman–Crippen LogP) is 3.14. The van der Waals surface area contributed by atoms with E-state index in [2.05, 4.69) is 4.98 Å². The number of imide groups is 1. The SMILES string of the molecule is O=C1c2ccccc2C(=O)N1Cc1coc(-c2ccccc2)n1. The molecule has 0 unspecified atom stereocenters. The first-order valence-corrected chi connectivity index (χ1v) is 7.19. The topological polar surface area (TPSA) is 63.4 Å². The number of amides is 2. The molecule has 1 aliphatic heterocycles. The maximum atomic E-state index is 12.3. The van der Waals surface area contributed by atoms with Gasteiger partial charge >= 0.3 is 0 Å². The Labute approximate surface area is 132 Å². The first-order valence-electron chi connectivity index (χ1n) is 7.19. The van der Waals surface area contributed by atoms with Crippen molar-refractivity contribution in [2.24, 2.45) is 0 Å². The van der Waals surface area contributed by atoms with E-state index < -0.39 is 0 Å². The fourth-order valence-corrected chi connectivity index (χ4v) is 2.64. The highest BCUT2D eigenvalue weighted by molar-refractivity contribution is 6.21. The van der Waals surface area contributed by atoms with Gasteiger partial charge < -0.3 is 4.42 Å². The van der Waals surface area contributed by atoms with Crippen molar-refractivity contribution in [1.82, 2.24) is 9.88 Å². The van der Waals surface area contributed by atoms with Crippen molar-refractivity contribution >= 4 is 11.8 Å². The summed E-state index contributed by atoms with van der Waals surface area (Å²) in [5.41, 5.74) is 2.26. The van der Waals surface area contributed by atoms with Crippen LogP contribution in [0.5, 0.6) is 0 Å². The summed E-state index contributed by atoms with van der Waals surface area (Å²) in [4.78, 5) is 30.2. The zero-order valence-electron chi connectivity index (χ0n) is 12.1. The van der Waals surface area contributed by atoms with Crippen molar-refractivity contribution in [3.05, 3.63) is 77.7 Å². The minimum absolute atomic E-state index is 0.0999. The Bertz CT molecular complexity index is 864. The average molecular weight is 304 g/mol. The van der Waals surface area contributed by atoms with Gasteiger partial charge in [-0.3, -0.25) is 14.5 Å². The average Bonchev–Trinajstić information content (AvgIpc) is 3.16. The third-order valence-corrected chi connectivity index (χ3v) is 3.77. The van der Waals surface area contributed by atoms with Gasteiger partial charge in [-0.2, -0.15) is 0 Å². The van der Waals surface area contributed by atoms with Crippen molar-refractivity contribution < 1.29 is 14.0 Å². The van der Waals surface area contributed by atoms with Crippen LogP contribution in [0, 0.1) is 0 Å². The van der Waals surface area contributed by atoms with E-state index >= 15 is 0 Å². The number of hydrogen-bond acceptors (Lipinski definition) is 4. The minimum Gasteiger partial charge on any atom is -0.444 e. The molecule has 0 fully saturated rings. The monoisotopic (exact) mass is 304 g/mol. The largest absolute Gasteiger partial charge is 0.444 e. The van der Waals surface area contributed by atoms with Crippen molar-refractivity contribution in [2.45, 2.75) is 6.54 Å². The Kier molecular flexibility index (Phi) is 3.05. The highest BCUT2D eigenvalue weighted by atomic mass is 16.3. The molecule has 0 N–H and O–H groups in total. The fraction of sp³-hybridized carbons (Fsp3) is 0.0556. The Hall–Kier alpha value is -3.21. The summed E-state index contributed by atoms with van der Waals surface area (Å²) in [5.74, 6) is -0.123. The van der Waals surface area contributed by atoms with Gasteiger partial charge in [0.25, 0.3) is 11.8 Å². The van der Waals surface area contributed by atoms with Crippen LogP contribution < -0.4 is 0 Å². The number of fused-ring (bicyclic) bond motifs is 1. The second-order valence-corrected chi connectivity index (χ2v) is 5.25. The molecule has 4 rings (SSSR count). The van der Waals surface area contributed by atoms with Crippen LogP contribution >= 0.6 is 0 Å². The van der Waals surface area contributed by atoms with Crippen molar-refractivity contribution in [2.75, 3.05) is 0 Å². The molecule has 0 bridgehead atoms. The number of carbonyl (C=O) groups excluding carboxylic acids is 2. The smallest absolute Gasteiger partial charge is 0.261 e. The lowest BCUT2D eigenvalue weighted by molar-refractivity contribution is 0.0640. The summed E-state index contributed by atoms with van der Waals surface area (Å²) in [6, 6.07) is 16.3. The Morgan fingerprint density at radius 2 is 1.48 bits per heavy atom. The summed E-state index contributed by atoms with van der Waals surface area (Å²) in [6.45, 7) is 0.0999. The molecule has 0 radical (unpaired) electrons. The van der Waals surface area contributed by atoms with E-state index in [9.17, 15) is 9.59 Å². The van der Waals surface area contributed by atoms with Gasteiger partial charge in [-0.05, 0) is 24.3 Å². The highest BCUT2D eigenvalue weighted by Crippen LogP contribution is 2.25.